The second-order valence-electron chi connectivity index (χ2n) is 5.06. The smallest absolute Gasteiger partial charge is 0.306 e. The molecule has 0 saturated carbocycles. The van der Waals surface area contributed by atoms with Crippen LogP contribution < -0.4 is 0 Å². The third-order valence-electron chi connectivity index (χ3n) is 3.74. The van der Waals surface area contributed by atoms with Crippen LogP contribution in [0.15, 0.2) is 11.6 Å². The number of nitrogens with zero attached hydrogens (tertiary/aromatic N) is 3. The van der Waals surface area contributed by atoms with Gasteiger partial charge in [-0.15, -0.1) is 11.3 Å². The molecule has 2 aromatic rings. The minimum absolute atomic E-state index is 0.107. The lowest BCUT2D eigenvalue weighted by molar-refractivity contribution is -0.143. The largest absolute Gasteiger partial charge is 0.481 e. The standard InChI is InChI=1S/C13H15N3O3S/c1-8-7-20-13-14-10(6-16(8)13)11(17)15-4-2-9(3-5-15)12(18)19/h6-7,9H,2-5H2,1H3,(H,18,19). The molecule has 7 heteroatoms. The van der Waals surface area contributed by atoms with E-state index in [0.29, 0.717) is 31.6 Å². The van der Waals surface area contributed by atoms with Crippen LogP contribution in [0.4, 0.5) is 0 Å². The van der Waals surface area contributed by atoms with Crippen molar-refractivity contribution in [3.8, 4) is 0 Å². The lowest BCUT2D eigenvalue weighted by Gasteiger charge is -2.29. The second kappa shape index (κ2) is 4.90. The molecule has 1 saturated heterocycles. The normalized spacial score (nSPS) is 16.8. The summed E-state index contributed by atoms with van der Waals surface area (Å²) in [6.45, 7) is 2.94. The van der Waals surface area contributed by atoms with Crippen LogP contribution in [-0.2, 0) is 4.79 Å². The van der Waals surface area contributed by atoms with Crippen molar-refractivity contribution in [1.82, 2.24) is 14.3 Å². The lowest BCUT2D eigenvalue weighted by Crippen LogP contribution is -2.40. The van der Waals surface area contributed by atoms with Crippen LogP contribution in [0.5, 0.6) is 0 Å². The van der Waals surface area contributed by atoms with E-state index in [9.17, 15) is 9.59 Å². The molecule has 20 heavy (non-hydrogen) atoms. The fraction of sp³-hybridized carbons (Fsp3) is 0.462. The second-order valence-corrected chi connectivity index (χ2v) is 5.90. The Hall–Kier alpha value is -1.89. The molecule has 3 heterocycles. The Kier molecular flexibility index (Phi) is 3.21. The molecule has 0 radical (unpaired) electrons. The molecule has 6 nitrogen and oxygen atoms in total. The first-order valence-electron chi connectivity index (χ1n) is 6.51. The van der Waals surface area contributed by atoms with Gasteiger partial charge in [0.15, 0.2) is 4.96 Å². The highest BCUT2D eigenvalue weighted by atomic mass is 32.1. The molecule has 0 atom stereocenters. The van der Waals surface area contributed by atoms with E-state index < -0.39 is 5.97 Å². The number of amides is 1. The van der Waals surface area contributed by atoms with Crippen molar-refractivity contribution < 1.29 is 14.7 Å². The van der Waals surface area contributed by atoms with Crippen molar-refractivity contribution in [2.24, 2.45) is 5.92 Å². The first-order chi connectivity index (χ1) is 9.56. The summed E-state index contributed by atoms with van der Waals surface area (Å²) in [5.74, 6) is -1.20. The topological polar surface area (TPSA) is 74.9 Å². The zero-order valence-electron chi connectivity index (χ0n) is 11.1. The maximum Gasteiger partial charge on any atom is 0.306 e. The number of aromatic nitrogens is 2. The molecular weight excluding hydrogens is 278 g/mol. The molecule has 3 rings (SSSR count). The Labute approximate surface area is 119 Å². The number of carboxylic acid groups (broad SMARTS) is 1. The number of carbonyl (C=O) groups is 2. The Morgan fingerprint density at radius 2 is 2.10 bits per heavy atom. The molecule has 0 aromatic carbocycles. The minimum atomic E-state index is -0.768. The summed E-state index contributed by atoms with van der Waals surface area (Å²) in [7, 11) is 0. The quantitative estimate of drug-likeness (QED) is 0.913. The van der Waals surface area contributed by atoms with E-state index in [0.717, 1.165) is 10.7 Å². The Morgan fingerprint density at radius 1 is 1.40 bits per heavy atom. The van der Waals surface area contributed by atoms with Crippen LogP contribution in [0.3, 0.4) is 0 Å². The van der Waals surface area contributed by atoms with Gasteiger partial charge in [0.2, 0.25) is 0 Å². The highest BCUT2D eigenvalue weighted by Crippen LogP contribution is 2.21. The van der Waals surface area contributed by atoms with Crippen molar-refractivity contribution in [1.29, 1.82) is 0 Å². The average molecular weight is 293 g/mol. The van der Waals surface area contributed by atoms with E-state index in [1.165, 1.54) is 11.3 Å². The summed E-state index contributed by atoms with van der Waals surface area (Å²) in [5, 5.41) is 11.0. The summed E-state index contributed by atoms with van der Waals surface area (Å²) in [6, 6.07) is 0. The summed E-state index contributed by atoms with van der Waals surface area (Å²) >= 11 is 1.51. The van der Waals surface area contributed by atoms with E-state index >= 15 is 0 Å². The fourth-order valence-corrected chi connectivity index (χ4v) is 3.34. The van der Waals surface area contributed by atoms with Crippen LogP contribution in [0.2, 0.25) is 0 Å². The van der Waals surface area contributed by atoms with Crippen LogP contribution >= 0.6 is 11.3 Å². The number of aryl methyl sites for hydroxylation is 1. The van der Waals surface area contributed by atoms with Crippen LogP contribution in [0, 0.1) is 12.8 Å². The van der Waals surface area contributed by atoms with Gasteiger partial charge in [0, 0.05) is 30.4 Å². The maximum atomic E-state index is 12.4. The van der Waals surface area contributed by atoms with Gasteiger partial charge in [-0.3, -0.25) is 14.0 Å². The number of hydrogen-bond donors (Lipinski definition) is 1. The highest BCUT2D eigenvalue weighted by Gasteiger charge is 2.28. The van der Waals surface area contributed by atoms with Crippen molar-refractivity contribution >= 4 is 28.2 Å². The van der Waals surface area contributed by atoms with Gasteiger partial charge in [-0.25, -0.2) is 4.98 Å². The number of piperidine rings is 1. The molecule has 1 amide bonds. The molecule has 1 aliphatic rings. The molecule has 1 N–H and O–H groups in total. The number of fused-ring (bicyclic) bond motifs is 1. The van der Waals surface area contributed by atoms with Gasteiger partial charge >= 0.3 is 5.97 Å². The Morgan fingerprint density at radius 3 is 2.70 bits per heavy atom. The van der Waals surface area contributed by atoms with Gasteiger partial charge in [0.1, 0.15) is 5.69 Å². The van der Waals surface area contributed by atoms with E-state index in [4.69, 9.17) is 5.11 Å². The van der Waals surface area contributed by atoms with Crippen molar-refractivity contribution in [2.45, 2.75) is 19.8 Å². The monoisotopic (exact) mass is 293 g/mol. The Balaban J connectivity index is 1.74. The number of likely N-dealkylation sites (tertiary alicyclic amines) is 1. The van der Waals surface area contributed by atoms with Gasteiger partial charge in [-0.05, 0) is 19.8 Å². The number of thiazole rings is 1. The highest BCUT2D eigenvalue weighted by molar-refractivity contribution is 7.15. The molecule has 0 aliphatic carbocycles. The summed E-state index contributed by atoms with van der Waals surface area (Å²) < 4.78 is 1.90. The molecular formula is C13H15N3O3S. The van der Waals surface area contributed by atoms with Crippen LogP contribution in [0.25, 0.3) is 4.96 Å². The average Bonchev–Trinajstić information content (AvgIpc) is 3.01. The van der Waals surface area contributed by atoms with Crippen molar-refractivity contribution in [2.75, 3.05) is 13.1 Å². The third-order valence-corrected chi connectivity index (χ3v) is 4.70. The number of rotatable bonds is 2. The minimum Gasteiger partial charge on any atom is -0.481 e. The van der Waals surface area contributed by atoms with Gasteiger partial charge in [-0.1, -0.05) is 0 Å². The van der Waals surface area contributed by atoms with Gasteiger partial charge in [0.25, 0.3) is 5.91 Å². The van der Waals surface area contributed by atoms with E-state index in [-0.39, 0.29) is 11.8 Å². The van der Waals surface area contributed by atoms with Crippen LogP contribution in [0.1, 0.15) is 29.0 Å². The Bertz CT molecular complexity index is 668. The number of carbonyl (C=O) groups excluding carboxylic acids is 1. The van der Waals surface area contributed by atoms with Gasteiger partial charge in [-0.2, -0.15) is 0 Å². The number of aliphatic carboxylic acids is 1. The maximum absolute atomic E-state index is 12.4. The molecule has 106 valence electrons. The predicted octanol–water partition coefficient (Wildman–Crippen LogP) is 1.64. The molecule has 1 aliphatic heterocycles. The molecule has 0 spiro atoms. The van der Waals surface area contributed by atoms with Gasteiger partial charge < -0.3 is 10.0 Å². The molecule has 0 bridgehead atoms. The third kappa shape index (κ3) is 2.18. The molecule has 1 fully saturated rings. The first kappa shape index (κ1) is 13.1. The molecule has 0 unspecified atom stereocenters. The van der Waals surface area contributed by atoms with E-state index in [1.807, 2.05) is 16.7 Å². The van der Waals surface area contributed by atoms with E-state index in [1.54, 1.807) is 11.1 Å². The van der Waals surface area contributed by atoms with Crippen molar-refractivity contribution in [3.05, 3.63) is 23.0 Å². The SMILES string of the molecule is Cc1csc2nc(C(=O)N3CCC(C(=O)O)CC3)cn12. The lowest BCUT2D eigenvalue weighted by atomic mass is 9.97. The van der Waals surface area contributed by atoms with E-state index in [2.05, 4.69) is 4.98 Å². The number of imidazole rings is 1. The first-order valence-corrected chi connectivity index (χ1v) is 7.39. The van der Waals surface area contributed by atoms with Crippen molar-refractivity contribution in [3.63, 3.8) is 0 Å². The van der Waals surface area contributed by atoms with Gasteiger partial charge in [0.05, 0.1) is 5.92 Å². The predicted molar refractivity (Wildman–Crippen MR) is 74.1 cm³/mol. The number of carboxylic acids is 1. The van der Waals surface area contributed by atoms with Crippen LogP contribution in [-0.4, -0.2) is 44.4 Å². The zero-order valence-corrected chi connectivity index (χ0v) is 11.9. The summed E-state index contributed by atoms with van der Waals surface area (Å²) in [5.41, 5.74) is 1.50. The summed E-state index contributed by atoms with van der Waals surface area (Å²) in [6.07, 6.45) is 2.79. The fourth-order valence-electron chi connectivity index (χ4n) is 2.49. The number of hydrogen-bond acceptors (Lipinski definition) is 4. The zero-order chi connectivity index (χ0) is 14.3. The molecule has 2 aromatic heterocycles. The summed E-state index contributed by atoms with van der Waals surface area (Å²) in [4.78, 5) is 30.1.